The summed E-state index contributed by atoms with van der Waals surface area (Å²) >= 11 is 0. The van der Waals surface area contributed by atoms with E-state index >= 15 is 0 Å². The lowest BCUT2D eigenvalue weighted by atomic mass is 9.86. The molecule has 2 heterocycles. The molecular weight excluding hydrogens is 264 g/mol. The van der Waals surface area contributed by atoms with Gasteiger partial charge in [0.15, 0.2) is 0 Å². The van der Waals surface area contributed by atoms with Crippen LogP contribution in [0, 0.1) is 5.92 Å². The van der Waals surface area contributed by atoms with E-state index in [0.29, 0.717) is 18.5 Å². The van der Waals surface area contributed by atoms with Crippen LogP contribution < -0.4 is 5.32 Å². The second-order valence-corrected chi connectivity index (χ2v) is 6.15. The smallest absolute Gasteiger partial charge is 0.243 e. The van der Waals surface area contributed by atoms with E-state index < -0.39 is 0 Å². The molecule has 0 bridgehead atoms. The van der Waals surface area contributed by atoms with Crippen LogP contribution in [0.4, 0.5) is 0 Å². The number of hydrogen-bond donors (Lipinski definition) is 1. The molecule has 0 spiro atoms. The van der Waals surface area contributed by atoms with Crippen LogP contribution >= 0.6 is 0 Å². The van der Waals surface area contributed by atoms with Gasteiger partial charge in [-0.1, -0.05) is 6.58 Å². The van der Waals surface area contributed by atoms with Crippen LogP contribution in [-0.4, -0.2) is 39.7 Å². The van der Waals surface area contributed by atoms with Crippen molar-refractivity contribution >= 4 is 5.91 Å². The number of aromatic nitrogens is 2. The van der Waals surface area contributed by atoms with Crippen molar-refractivity contribution in [3.63, 3.8) is 0 Å². The number of carbonyl (C=O) groups excluding carboxylic acids is 1. The minimum atomic E-state index is -0.0812. The molecule has 2 aliphatic rings. The highest BCUT2D eigenvalue weighted by Gasteiger charge is 2.41. The van der Waals surface area contributed by atoms with Crippen molar-refractivity contribution in [2.45, 2.75) is 37.8 Å². The molecule has 1 aliphatic carbocycles. The van der Waals surface area contributed by atoms with Crippen molar-refractivity contribution in [3.8, 4) is 0 Å². The first-order valence-electron chi connectivity index (χ1n) is 7.84. The Kier molecular flexibility index (Phi) is 4.10. The van der Waals surface area contributed by atoms with Crippen molar-refractivity contribution in [3.05, 3.63) is 30.6 Å². The van der Waals surface area contributed by atoms with Gasteiger partial charge in [0.25, 0.3) is 0 Å². The second kappa shape index (κ2) is 6.02. The Bertz CT molecular complexity index is 520. The summed E-state index contributed by atoms with van der Waals surface area (Å²) in [5, 5.41) is 7.32. The maximum atomic E-state index is 11.5. The Morgan fingerprint density at radius 3 is 2.95 bits per heavy atom. The van der Waals surface area contributed by atoms with Crippen LogP contribution in [0.5, 0.6) is 0 Å². The Balaban J connectivity index is 1.80. The zero-order valence-corrected chi connectivity index (χ0v) is 12.7. The van der Waals surface area contributed by atoms with Gasteiger partial charge in [0, 0.05) is 25.8 Å². The van der Waals surface area contributed by atoms with Gasteiger partial charge in [0.2, 0.25) is 5.91 Å². The van der Waals surface area contributed by atoms with Gasteiger partial charge in [-0.3, -0.25) is 14.4 Å². The first kappa shape index (κ1) is 14.3. The zero-order chi connectivity index (χ0) is 14.8. The van der Waals surface area contributed by atoms with Crippen molar-refractivity contribution in [1.29, 1.82) is 0 Å². The van der Waals surface area contributed by atoms with E-state index in [0.717, 1.165) is 19.0 Å². The van der Waals surface area contributed by atoms with E-state index in [1.807, 2.05) is 17.9 Å². The molecule has 2 atom stereocenters. The second-order valence-electron chi connectivity index (χ2n) is 6.15. The predicted octanol–water partition coefficient (Wildman–Crippen LogP) is 1.64. The molecule has 1 saturated heterocycles. The van der Waals surface area contributed by atoms with E-state index in [1.165, 1.54) is 31.0 Å². The normalized spacial score (nSPS) is 26.5. The molecular formula is C16H24N4O. The number of nitrogens with zero attached hydrogens (tertiary/aromatic N) is 3. The highest BCUT2D eigenvalue weighted by Crippen LogP contribution is 2.42. The minimum Gasteiger partial charge on any atom is -0.352 e. The van der Waals surface area contributed by atoms with Crippen LogP contribution in [0.15, 0.2) is 24.9 Å². The van der Waals surface area contributed by atoms with E-state index in [1.54, 1.807) is 0 Å². The predicted molar refractivity (Wildman–Crippen MR) is 81.6 cm³/mol. The summed E-state index contributed by atoms with van der Waals surface area (Å²) in [6.45, 7) is 5.40. The van der Waals surface area contributed by atoms with Crippen molar-refractivity contribution in [2.24, 2.45) is 13.0 Å². The van der Waals surface area contributed by atoms with Crippen molar-refractivity contribution in [2.75, 3.05) is 13.1 Å². The van der Waals surface area contributed by atoms with E-state index in [2.05, 4.69) is 28.0 Å². The summed E-state index contributed by atoms with van der Waals surface area (Å²) < 4.78 is 1.98. The largest absolute Gasteiger partial charge is 0.352 e. The summed E-state index contributed by atoms with van der Waals surface area (Å²) in [5.41, 5.74) is 1.26. The van der Waals surface area contributed by atoms with Gasteiger partial charge in [-0.2, -0.15) is 5.10 Å². The number of piperidine rings is 1. The van der Waals surface area contributed by atoms with Gasteiger partial charge in [-0.25, -0.2) is 0 Å². The molecule has 1 aromatic rings. The van der Waals surface area contributed by atoms with Crippen LogP contribution in [0.25, 0.3) is 0 Å². The molecule has 1 N–H and O–H groups in total. The molecule has 114 valence electrons. The fraction of sp³-hybridized carbons (Fsp3) is 0.625. The Labute approximate surface area is 126 Å². The molecule has 0 unspecified atom stereocenters. The summed E-state index contributed by atoms with van der Waals surface area (Å²) in [5.74, 6) is 0.362. The minimum absolute atomic E-state index is 0.0812. The van der Waals surface area contributed by atoms with Crippen LogP contribution in [0.1, 0.15) is 37.4 Å². The van der Waals surface area contributed by atoms with Crippen LogP contribution in [0.3, 0.4) is 0 Å². The molecule has 5 nitrogen and oxygen atoms in total. The number of carbonyl (C=O) groups is 1. The van der Waals surface area contributed by atoms with Gasteiger partial charge in [0.05, 0.1) is 11.7 Å². The Morgan fingerprint density at radius 2 is 2.33 bits per heavy atom. The molecule has 1 aromatic heterocycles. The van der Waals surface area contributed by atoms with E-state index in [9.17, 15) is 4.79 Å². The SMILES string of the molecule is C=CC(=O)NC[C@@H]1CCCN(C2CC2)[C@H]1c1ccnn1C. The average molecular weight is 288 g/mol. The van der Waals surface area contributed by atoms with Gasteiger partial charge in [-0.05, 0) is 50.3 Å². The fourth-order valence-electron chi connectivity index (χ4n) is 3.52. The van der Waals surface area contributed by atoms with Crippen molar-refractivity contribution < 1.29 is 4.79 Å². The third kappa shape index (κ3) is 3.02. The first-order chi connectivity index (χ1) is 10.2. The summed E-state index contributed by atoms with van der Waals surface area (Å²) in [6.07, 6.45) is 8.19. The number of likely N-dealkylation sites (tertiary alicyclic amines) is 1. The Morgan fingerprint density at radius 1 is 1.52 bits per heavy atom. The van der Waals surface area contributed by atoms with E-state index in [-0.39, 0.29) is 5.91 Å². The summed E-state index contributed by atoms with van der Waals surface area (Å²) in [4.78, 5) is 14.1. The van der Waals surface area contributed by atoms with Crippen molar-refractivity contribution in [1.82, 2.24) is 20.0 Å². The number of rotatable bonds is 5. The molecule has 2 fully saturated rings. The highest BCUT2D eigenvalue weighted by molar-refractivity contribution is 5.86. The standard InChI is InChI=1S/C16H24N4O/c1-3-15(21)17-11-12-5-4-10-20(13-6-7-13)16(12)14-8-9-18-19(14)2/h3,8-9,12-13,16H,1,4-7,10-11H2,2H3,(H,17,21)/t12-,16+/m0/s1. The highest BCUT2D eigenvalue weighted by atomic mass is 16.1. The van der Waals surface area contributed by atoms with Crippen LogP contribution in [0.2, 0.25) is 0 Å². The first-order valence-corrected chi connectivity index (χ1v) is 7.84. The van der Waals surface area contributed by atoms with Crippen LogP contribution in [-0.2, 0) is 11.8 Å². The average Bonchev–Trinajstić information content (AvgIpc) is 3.26. The summed E-state index contributed by atoms with van der Waals surface area (Å²) in [7, 11) is 2.01. The maximum absolute atomic E-state index is 11.5. The topological polar surface area (TPSA) is 50.2 Å². The molecule has 3 rings (SSSR count). The maximum Gasteiger partial charge on any atom is 0.243 e. The number of hydrogen-bond acceptors (Lipinski definition) is 3. The molecule has 1 amide bonds. The molecule has 21 heavy (non-hydrogen) atoms. The van der Waals surface area contributed by atoms with Gasteiger partial charge >= 0.3 is 0 Å². The molecule has 1 aliphatic heterocycles. The zero-order valence-electron chi connectivity index (χ0n) is 12.7. The Hall–Kier alpha value is -1.62. The molecule has 0 aromatic carbocycles. The molecule has 5 heteroatoms. The third-order valence-electron chi connectivity index (χ3n) is 4.70. The number of amides is 1. The monoisotopic (exact) mass is 288 g/mol. The van der Waals surface area contributed by atoms with Gasteiger partial charge in [-0.15, -0.1) is 0 Å². The quantitative estimate of drug-likeness (QED) is 0.838. The van der Waals surface area contributed by atoms with Gasteiger partial charge < -0.3 is 5.32 Å². The van der Waals surface area contributed by atoms with E-state index in [4.69, 9.17) is 0 Å². The lowest BCUT2D eigenvalue weighted by Crippen LogP contribution is -2.45. The summed E-state index contributed by atoms with van der Waals surface area (Å²) in [6, 6.07) is 3.21. The lowest BCUT2D eigenvalue weighted by molar-refractivity contribution is -0.116. The fourth-order valence-corrected chi connectivity index (χ4v) is 3.52. The number of nitrogens with one attached hydrogen (secondary N) is 1. The number of aryl methyl sites for hydroxylation is 1. The molecule has 1 saturated carbocycles. The lowest BCUT2D eigenvalue weighted by Gasteiger charge is -2.41. The third-order valence-corrected chi connectivity index (χ3v) is 4.70. The molecule has 0 radical (unpaired) electrons. The van der Waals surface area contributed by atoms with Gasteiger partial charge in [0.1, 0.15) is 0 Å².